The van der Waals surface area contributed by atoms with Crippen molar-refractivity contribution in [3.05, 3.63) is 36.0 Å². The molecule has 0 bridgehead atoms. The fraction of sp³-hybridized carbons (Fsp3) is 0.500. The summed E-state index contributed by atoms with van der Waals surface area (Å²) in [5.41, 5.74) is 7.66. The Morgan fingerprint density at radius 1 is 1.15 bits per heavy atom. The molecule has 3 heterocycles. The second kappa shape index (κ2) is 6.76. The number of nitrogens with zero attached hydrogens (tertiary/aromatic N) is 3. The Labute approximate surface area is 153 Å². The Hall–Kier alpha value is -2.34. The molecule has 0 unspecified atom stereocenters. The van der Waals surface area contributed by atoms with Crippen LogP contribution in [0.3, 0.4) is 0 Å². The number of fused-ring (bicyclic) bond motifs is 1. The minimum Gasteiger partial charge on any atom is -0.369 e. The van der Waals surface area contributed by atoms with Crippen molar-refractivity contribution in [3.8, 4) is 0 Å². The molecule has 2 aromatic rings. The number of aryl methyl sites for hydroxylation is 1. The van der Waals surface area contributed by atoms with Crippen molar-refractivity contribution in [1.82, 2.24) is 14.4 Å². The summed E-state index contributed by atoms with van der Waals surface area (Å²) in [6, 6.07) is 8.64. The third kappa shape index (κ3) is 3.09. The number of primary amides is 1. The van der Waals surface area contributed by atoms with Crippen molar-refractivity contribution >= 4 is 22.7 Å². The Balaban J connectivity index is 1.32. The van der Waals surface area contributed by atoms with E-state index in [4.69, 9.17) is 5.73 Å². The fourth-order valence-electron chi connectivity index (χ4n) is 4.28. The summed E-state index contributed by atoms with van der Waals surface area (Å²) >= 11 is 0. The molecule has 0 aliphatic carbocycles. The molecule has 0 saturated carbocycles. The number of carbonyl (C=O) groups is 2. The molecule has 6 nitrogen and oxygen atoms in total. The highest BCUT2D eigenvalue weighted by atomic mass is 16.2. The van der Waals surface area contributed by atoms with E-state index < -0.39 is 0 Å². The summed E-state index contributed by atoms with van der Waals surface area (Å²) < 4.78 is 2.08. The highest BCUT2D eigenvalue weighted by Gasteiger charge is 2.37. The molecule has 2 aliphatic heterocycles. The largest absolute Gasteiger partial charge is 0.369 e. The Morgan fingerprint density at radius 2 is 1.85 bits per heavy atom. The summed E-state index contributed by atoms with van der Waals surface area (Å²) in [6.07, 6.45) is 4.21. The first-order valence-corrected chi connectivity index (χ1v) is 9.37. The monoisotopic (exact) mass is 354 g/mol. The van der Waals surface area contributed by atoms with Crippen LogP contribution in [-0.4, -0.2) is 58.4 Å². The SMILES string of the molecule is Cn1cc(CC(=O)N2CC(N3CCC(C(N)=O)CC3)C2)c2ccccc21. The second-order valence-corrected chi connectivity index (χ2v) is 7.62. The van der Waals surface area contributed by atoms with Gasteiger partial charge in [0.25, 0.3) is 0 Å². The summed E-state index contributed by atoms with van der Waals surface area (Å²) in [6.45, 7) is 3.41. The normalized spacial score (nSPS) is 19.7. The Bertz CT molecular complexity index is 829. The molecular weight excluding hydrogens is 328 g/mol. The Kier molecular flexibility index (Phi) is 4.44. The van der Waals surface area contributed by atoms with E-state index in [0.29, 0.717) is 12.5 Å². The molecule has 0 radical (unpaired) electrons. The van der Waals surface area contributed by atoms with Gasteiger partial charge in [-0.2, -0.15) is 0 Å². The summed E-state index contributed by atoms with van der Waals surface area (Å²) in [5.74, 6) is 0.0465. The zero-order chi connectivity index (χ0) is 18.3. The number of hydrogen-bond donors (Lipinski definition) is 1. The third-order valence-electron chi connectivity index (χ3n) is 5.98. The van der Waals surface area contributed by atoms with Crippen LogP contribution in [0.1, 0.15) is 18.4 Å². The van der Waals surface area contributed by atoms with Crippen molar-refractivity contribution in [2.75, 3.05) is 26.2 Å². The van der Waals surface area contributed by atoms with Crippen molar-refractivity contribution in [2.24, 2.45) is 18.7 Å². The smallest absolute Gasteiger partial charge is 0.227 e. The van der Waals surface area contributed by atoms with Crippen LogP contribution in [0.25, 0.3) is 10.9 Å². The van der Waals surface area contributed by atoms with E-state index in [0.717, 1.165) is 55.5 Å². The zero-order valence-corrected chi connectivity index (χ0v) is 15.2. The van der Waals surface area contributed by atoms with Gasteiger partial charge < -0.3 is 15.2 Å². The standard InChI is InChI=1S/C20H26N4O2/c1-22-11-15(17-4-2-3-5-18(17)22)10-19(25)24-12-16(13-24)23-8-6-14(7-9-23)20(21)26/h2-5,11,14,16H,6-10,12-13H2,1H3,(H2,21,26). The van der Waals surface area contributed by atoms with E-state index >= 15 is 0 Å². The lowest BCUT2D eigenvalue weighted by atomic mass is 9.93. The number of benzene rings is 1. The summed E-state index contributed by atoms with van der Waals surface area (Å²) in [4.78, 5) is 28.3. The first kappa shape index (κ1) is 17.1. The van der Waals surface area contributed by atoms with E-state index in [-0.39, 0.29) is 17.7 Å². The van der Waals surface area contributed by atoms with E-state index in [1.807, 2.05) is 24.1 Å². The van der Waals surface area contributed by atoms with Crippen LogP contribution in [0.15, 0.2) is 30.5 Å². The first-order chi connectivity index (χ1) is 12.5. The number of aromatic nitrogens is 1. The number of rotatable bonds is 4. The van der Waals surface area contributed by atoms with Crippen LogP contribution in [0.4, 0.5) is 0 Å². The molecule has 0 atom stereocenters. The van der Waals surface area contributed by atoms with E-state index in [1.165, 1.54) is 0 Å². The zero-order valence-electron chi connectivity index (χ0n) is 15.2. The number of carbonyl (C=O) groups excluding carboxylic acids is 2. The quantitative estimate of drug-likeness (QED) is 0.895. The van der Waals surface area contributed by atoms with Gasteiger partial charge in [0, 0.05) is 49.2 Å². The Morgan fingerprint density at radius 3 is 2.54 bits per heavy atom. The van der Waals surface area contributed by atoms with Gasteiger partial charge in [-0.15, -0.1) is 0 Å². The highest BCUT2D eigenvalue weighted by Crippen LogP contribution is 2.25. The van der Waals surface area contributed by atoms with Crippen LogP contribution in [0.2, 0.25) is 0 Å². The summed E-state index contributed by atoms with van der Waals surface area (Å²) in [5, 5.41) is 1.16. The average molecular weight is 354 g/mol. The van der Waals surface area contributed by atoms with Crippen molar-refractivity contribution in [1.29, 1.82) is 0 Å². The van der Waals surface area contributed by atoms with Gasteiger partial charge >= 0.3 is 0 Å². The molecule has 1 aromatic heterocycles. The fourth-order valence-corrected chi connectivity index (χ4v) is 4.28. The number of piperidine rings is 1. The van der Waals surface area contributed by atoms with Gasteiger partial charge in [0.15, 0.2) is 0 Å². The van der Waals surface area contributed by atoms with Gasteiger partial charge in [-0.1, -0.05) is 18.2 Å². The maximum atomic E-state index is 12.7. The maximum absolute atomic E-state index is 12.7. The van der Waals surface area contributed by atoms with E-state index in [2.05, 4.69) is 27.8 Å². The molecule has 4 rings (SSSR count). The van der Waals surface area contributed by atoms with Crippen LogP contribution < -0.4 is 5.73 Å². The molecule has 2 saturated heterocycles. The number of likely N-dealkylation sites (tertiary alicyclic amines) is 2. The highest BCUT2D eigenvalue weighted by molar-refractivity contribution is 5.89. The topological polar surface area (TPSA) is 71.6 Å². The molecule has 2 aliphatic rings. The van der Waals surface area contributed by atoms with Crippen molar-refractivity contribution < 1.29 is 9.59 Å². The van der Waals surface area contributed by atoms with Crippen molar-refractivity contribution in [3.63, 3.8) is 0 Å². The lowest BCUT2D eigenvalue weighted by Crippen LogP contribution is -2.62. The van der Waals surface area contributed by atoms with Crippen LogP contribution in [0, 0.1) is 5.92 Å². The number of nitrogens with two attached hydrogens (primary N) is 1. The van der Waals surface area contributed by atoms with Gasteiger partial charge in [0.2, 0.25) is 11.8 Å². The number of amides is 2. The summed E-state index contributed by atoms with van der Waals surface area (Å²) in [7, 11) is 2.02. The van der Waals surface area contributed by atoms with Gasteiger partial charge in [0.1, 0.15) is 0 Å². The molecule has 2 fully saturated rings. The molecular formula is C20H26N4O2. The van der Waals surface area contributed by atoms with Crippen molar-refractivity contribution in [2.45, 2.75) is 25.3 Å². The molecule has 138 valence electrons. The van der Waals surface area contributed by atoms with Gasteiger partial charge in [-0.25, -0.2) is 0 Å². The van der Waals surface area contributed by atoms with Gasteiger partial charge in [-0.3, -0.25) is 14.5 Å². The molecule has 2 amide bonds. The third-order valence-corrected chi connectivity index (χ3v) is 5.98. The minimum atomic E-state index is -0.176. The van der Waals surface area contributed by atoms with Gasteiger partial charge in [0.05, 0.1) is 6.42 Å². The molecule has 26 heavy (non-hydrogen) atoms. The molecule has 2 N–H and O–H groups in total. The lowest BCUT2D eigenvalue weighted by molar-refractivity contribution is -0.138. The van der Waals surface area contributed by atoms with E-state index in [1.54, 1.807) is 0 Å². The second-order valence-electron chi connectivity index (χ2n) is 7.62. The predicted octanol–water partition coefficient (Wildman–Crippen LogP) is 1.13. The van der Waals surface area contributed by atoms with Gasteiger partial charge in [-0.05, 0) is 37.6 Å². The first-order valence-electron chi connectivity index (χ1n) is 9.37. The lowest BCUT2D eigenvalue weighted by Gasteiger charge is -2.47. The number of hydrogen-bond acceptors (Lipinski definition) is 3. The number of para-hydroxylation sites is 1. The van der Waals surface area contributed by atoms with Crippen LogP contribution in [-0.2, 0) is 23.1 Å². The minimum absolute atomic E-state index is 0.0235. The van der Waals surface area contributed by atoms with E-state index in [9.17, 15) is 9.59 Å². The molecule has 6 heteroatoms. The molecule has 0 spiro atoms. The maximum Gasteiger partial charge on any atom is 0.227 e. The van der Waals surface area contributed by atoms with Crippen LogP contribution in [0.5, 0.6) is 0 Å². The predicted molar refractivity (Wildman–Crippen MR) is 100 cm³/mol. The average Bonchev–Trinajstić information content (AvgIpc) is 2.90. The van der Waals surface area contributed by atoms with Crippen LogP contribution >= 0.6 is 0 Å². The molecule has 1 aromatic carbocycles.